The highest BCUT2D eigenvalue weighted by atomic mass is 32.1. The number of fused-ring (bicyclic) bond motifs is 1. The molecule has 36 heavy (non-hydrogen) atoms. The number of benzene rings is 2. The van der Waals surface area contributed by atoms with E-state index in [0.29, 0.717) is 35.9 Å². The van der Waals surface area contributed by atoms with Gasteiger partial charge in [0.15, 0.2) is 0 Å². The summed E-state index contributed by atoms with van der Waals surface area (Å²) in [7, 11) is 1.37. The van der Waals surface area contributed by atoms with E-state index in [1.54, 1.807) is 0 Å². The maximum Gasteiger partial charge on any atom is 0.341 e. The van der Waals surface area contributed by atoms with E-state index < -0.39 is 5.97 Å². The van der Waals surface area contributed by atoms with E-state index in [4.69, 9.17) is 9.47 Å². The van der Waals surface area contributed by atoms with Gasteiger partial charge in [0.05, 0.1) is 13.7 Å². The number of amides is 1. The predicted molar refractivity (Wildman–Crippen MR) is 146 cm³/mol. The van der Waals surface area contributed by atoms with Crippen LogP contribution in [-0.4, -0.2) is 25.6 Å². The van der Waals surface area contributed by atoms with Gasteiger partial charge in [0.25, 0.3) is 0 Å². The van der Waals surface area contributed by atoms with Gasteiger partial charge in [-0.1, -0.05) is 38.1 Å². The number of anilines is 1. The molecule has 0 bridgehead atoms. The molecule has 0 aliphatic heterocycles. The number of nitrogens with one attached hydrogen (secondary N) is 1. The van der Waals surface area contributed by atoms with Gasteiger partial charge in [-0.15, -0.1) is 11.3 Å². The number of rotatable bonds is 9. The van der Waals surface area contributed by atoms with Crippen LogP contribution in [0.25, 0.3) is 11.1 Å². The van der Waals surface area contributed by atoms with Crippen molar-refractivity contribution < 1.29 is 19.1 Å². The van der Waals surface area contributed by atoms with Crippen LogP contribution in [-0.2, 0) is 22.4 Å². The third-order valence-electron chi connectivity index (χ3n) is 6.77. The number of hydrogen-bond acceptors (Lipinski definition) is 5. The van der Waals surface area contributed by atoms with Crippen LogP contribution in [0.15, 0.2) is 41.8 Å². The lowest BCUT2D eigenvalue weighted by atomic mass is 9.89. The van der Waals surface area contributed by atoms with Gasteiger partial charge in [-0.2, -0.15) is 0 Å². The number of esters is 1. The van der Waals surface area contributed by atoms with Gasteiger partial charge in [-0.3, -0.25) is 4.79 Å². The highest BCUT2D eigenvalue weighted by Gasteiger charge is 2.23. The molecule has 0 saturated heterocycles. The minimum atomic E-state index is -0.442. The van der Waals surface area contributed by atoms with E-state index in [2.05, 4.69) is 50.4 Å². The topological polar surface area (TPSA) is 64.6 Å². The Morgan fingerprint density at radius 2 is 1.83 bits per heavy atom. The molecule has 6 heteroatoms. The Labute approximate surface area is 217 Å². The molecule has 0 spiro atoms. The quantitative estimate of drug-likeness (QED) is 0.245. The smallest absolute Gasteiger partial charge is 0.341 e. The Bertz CT molecular complexity index is 1240. The Morgan fingerprint density at radius 3 is 2.56 bits per heavy atom. The van der Waals surface area contributed by atoms with Gasteiger partial charge in [-0.05, 0) is 84.9 Å². The van der Waals surface area contributed by atoms with Crippen molar-refractivity contribution in [1.82, 2.24) is 0 Å². The molecule has 0 atom stereocenters. The number of ether oxygens (including phenoxy) is 2. The van der Waals surface area contributed by atoms with E-state index in [9.17, 15) is 9.59 Å². The molecule has 1 N–H and O–H groups in total. The average molecular weight is 506 g/mol. The molecule has 0 saturated carbocycles. The van der Waals surface area contributed by atoms with Crippen molar-refractivity contribution in [2.75, 3.05) is 19.0 Å². The summed E-state index contributed by atoms with van der Waals surface area (Å²) in [6.07, 6.45) is 5.47. The van der Waals surface area contributed by atoms with E-state index in [0.717, 1.165) is 29.7 Å². The highest BCUT2D eigenvalue weighted by Crippen LogP contribution is 2.38. The molecule has 1 aliphatic rings. The van der Waals surface area contributed by atoms with Crippen LogP contribution in [0, 0.1) is 6.92 Å². The maximum absolute atomic E-state index is 12.7. The second-order valence-electron chi connectivity index (χ2n) is 9.71. The van der Waals surface area contributed by atoms with Gasteiger partial charge in [0.2, 0.25) is 5.91 Å². The zero-order chi connectivity index (χ0) is 25.7. The molecule has 0 fully saturated rings. The molecule has 1 aromatic heterocycles. The fourth-order valence-corrected chi connectivity index (χ4v) is 5.84. The van der Waals surface area contributed by atoms with E-state index in [1.165, 1.54) is 53.5 Å². The number of thiophene rings is 1. The standard InChI is InChI=1S/C30H35NO4S/c1-19(2)25-14-13-24(16-20(25)3)35-15-7-10-27(32)31-29-28(30(33)34-4)26(18-36-29)23-12-11-21-8-5-6-9-22(21)17-23/h11-14,16-19H,5-10,15H2,1-4H3,(H,31,32). The third-order valence-corrected chi connectivity index (χ3v) is 7.67. The molecule has 3 aromatic rings. The lowest BCUT2D eigenvalue weighted by Gasteiger charge is -2.16. The molecule has 1 aliphatic carbocycles. The third kappa shape index (κ3) is 5.98. The Kier molecular flexibility index (Phi) is 8.47. The number of aryl methyl sites for hydroxylation is 3. The molecule has 190 valence electrons. The minimum Gasteiger partial charge on any atom is -0.494 e. The summed E-state index contributed by atoms with van der Waals surface area (Å²) < 4.78 is 10.9. The minimum absolute atomic E-state index is 0.145. The van der Waals surface area contributed by atoms with Crippen LogP contribution >= 0.6 is 11.3 Å². The first-order chi connectivity index (χ1) is 17.4. The predicted octanol–water partition coefficient (Wildman–Crippen LogP) is 7.31. The number of carbonyl (C=O) groups excluding carboxylic acids is 2. The zero-order valence-electron chi connectivity index (χ0n) is 21.6. The van der Waals surface area contributed by atoms with Gasteiger partial charge >= 0.3 is 5.97 Å². The summed E-state index contributed by atoms with van der Waals surface area (Å²) in [5.74, 6) is 0.706. The molecule has 0 unspecified atom stereocenters. The van der Waals surface area contributed by atoms with Crippen molar-refractivity contribution >= 4 is 28.2 Å². The molecule has 1 heterocycles. The Morgan fingerprint density at radius 1 is 1.06 bits per heavy atom. The lowest BCUT2D eigenvalue weighted by Crippen LogP contribution is -2.15. The summed E-state index contributed by atoms with van der Waals surface area (Å²) >= 11 is 1.36. The second kappa shape index (κ2) is 11.7. The Hall–Kier alpha value is -3.12. The van der Waals surface area contributed by atoms with Gasteiger partial charge in [0.1, 0.15) is 16.3 Å². The summed E-state index contributed by atoms with van der Waals surface area (Å²) in [6.45, 7) is 6.89. The normalized spacial score (nSPS) is 12.8. The fourth-order valence-electron chi connectivity index (χ4n) is 4.87. The molecular formula is C30H35NO4S. The monoisotopic (exact) mass is 505 g/mol. The van der Waals surface area contributed by atoms with Crippen LogP contribution in [0.4, 0.5) is 5.00 Å². The zero-order valence-corrected chi connectivity index (χ0v) is 22.4. The van der Waals surface area contributed by atoms with E-state index in [-0.39, 0.29) is 5.91 Å². The van der Waals surface area contributed by atoms with Gasteiger partial charge < -0.3 is 14.8 Å². The first kappa shape index (κ1) is 26.0. The summed E-state index contributed by atoms with van der Waals surface area (Å²) in [5.41, 5.74) is 7.47. The first-order valence-corrected chi connectivity index (χ1v) is 13.6. The second-order valence-corrected chi connectivity index (χ2v) is 10.6. The van der Waals surface area contributed by atoms with Crippen molar-refractivity contribution in [3.63, 3.8) is 0 Å². The maximum atomic E-state index is 12.7. The number of methoxy groups -OCH3 is 1. The van der Waals surface area contributed by atoms with Crippen LogP contribution in [0.3, 0.4) is 0 Å². The van der Waals surface area contributed by atoms with Crippen LogP contribution in [0.1, 0.15) is 78.1 Å². The average Bonchev–Trinajstić information content (AvgIpc) is 3.29. The fraction of sp³-hybridized carbons (Fsp3) is 0.400. The van der Waals surface area contributed by atoms with Crippen LogP contribution < -0.4 is 10.1 Å². The lowest BCUT2D eigenvalue weighted by molar-refractivity contribution is -0.116. The van der Waals surface area contributed by atoms with Crippen molar-refractivity contribution in [3.8, 4) is 16.9 Å². The molecule has 1 amide bonds. The Balaban J connectivity index is 1.38. The van der Waals surface area contributed by atoms with Gasteiger partial charge in [-0.25, -0.2) is 4.79 Å². The van der Waals surface area contributed by atoms with Gasteiger partial charge in [0, 0.05) is 17.4 Å². The summed E-state index contributed by atoms with van der Waals surface area (Å²) in [6, 6.07) is 12.6. The highest BCUT2D eigenvalue weighted by molar-refractivity contribution is 7.15. The molecule has 0 radical (unpaired) electrons. The summed E-state index contributed by atoms with van der Waals surface area (Å²) in [4.78, 5) is 25.4. The van der Waals surface area contributed by atoms with E-state index >= 15 is 0 Å². The largest absolute Gasteiger partial charge is 0.494 e. The number of carbonyl (C=O) groups is 2. The summed E-state index contributed by atoms with van der Waals surface area (Å²) in [5, 5.41) is 5.39. The number of hydrogen-bond donors (Lipinski definition) is 1. The molecule has 4 rings (SSSR count). The molecular weight excluding hydrogens is 470 g/mol. The molecule has 5 nitrogen and oxygen atoms in total. The van der Waals surface area contributed by atoms with Crippen molar-refractivity contribution in [1.29, 1.82) is 0 Å². The van der Waals surface area contributed by atoms with Crippen molar-refractivity contribution in [2.24, 2.45) is 0 Å². The van der Waals surface area contributed by atoms with Crippen molar-refractivity contribution in [2.45, 2.75) is 65.2 Å². The van der Waals surface area contributed by atoms with Crippen LogP contribution in [0.5, 0.6) is 5.75 Å². The van der Waals surface area contributed by atoms with Crippen LogP contribution in [0.2, 0.25) is 0 Å². The first-order valence-electron chi connectivity index (χ1n) is 12.7. The van der Waals surface area contributed by atoms with E-state index in [1.807, 2.05) is 17.5 Å². The SMILES string of the molecule is COC(=O)c1c(-c2ccc3c(c2)CCCC3)csc1NC(=O)CCCOc1ccc(C(C)C)c(C)c1. The van der Waals surface area contributed by atoms with Crippen molar-refractivity contribution in [3.05, 3.63) is 69.6 Å². The molecule has 2 aromatic carbocycles.